The number of ether oxygens (including phenoxy) is 6. The Morgan fingerprint density at radius 2 is 1.84 bits per heavy atom. The number of fused-ring (bicyclic) bond motifs is 2. The van der Waals surface area contributed by atoms with Crippen LogP contribution in [0.5, 0.6) is 23.0 Å². The summed E-state index contributed by atoms with van der Waals surface area (Å²) in [5.74, 6) is 2.48. The Morgan fingerprint density at radius 3 is 2.61 bits per heavy atom. The number of benzene rings is 2. The largest absolute Gasteiger partial charge is 0.494 e. The molecule has 0 saturated carbocycles. The highest BCUT2D eigenvalue weighted by Gasteiger charge is 2.37. The second kappa shape index (κ2) is 9.20. The zero-order chi connectivity index (χ0) is 21.8. The van der Waals surface area contributed by atoms with Gasteiger partial charge in [-0.25, -0.2) is 4.79 Å². The summed E-state index contributed by atoms with van der Waals surface area (Å²) in [5.41, 5.74) is 1.71. The van der Waals surface area contributed by atoms with Gasteiger partial charge in [0.25, 0.3) is 0 Å². The van der Waals surface area contributed by atoms with E-state index in [-0.39, 0.29) is 6.79 Å². The van der Waals surface area contributed by atoms with Crippen LogP contribution in [0.1, 0.15) is 43.9 Å². The zero-order valence-corrected chi connectivity index (χ0v) is 17.9. The van der Waals surface area contributed by atoms with Crippen LogP contribution in [-0.2, 0) is 14.3 Å². The normalized spacial score (nSPS) is 16.4. The van der Waals surface area contributed by atoms with Gasteiger partial charge < -0.3 is 28.4 Å². The molecule has 4 rings (SSSR count). The summed E-state index contributed by atoms with van der Waals surface area (Å²) >= 11 is 0. The first-order valence-electron chi connectivity index (χ1n) is 10.4. The average molecular weight is 426 g/mol. The minimum absolute atomic E-state index is 0.165. The van der Waals surface area contributed by atoms with Crippen molar-refractivity contribution < 1.29 is 33.2 Å². The van der Waals surface area contributed by atoms with Gasteiger partial charge in [0.05, 0.1) is 25.9 Å². The van der Waals surface area contributed by atoms with Crippen molar-refractivity contribution >= 4 is 11.7 Å². The summed E-state index contributed by atoms with van der Waals surface area (Å²) in [4.78, 5) is 12.9. The van der Waals surface area contributed by atoms with E-state index in [0.717, 1.165) is 18.4 Å². The third-order valence-electron chi connectivity index (χ3n) is 5.11. The molecular formula is C24H26O7. The molecule has 0 aliphatic carbocycles. The molecule has 2 aliphatic heterocycles. The van der Waals surface area contributed by atoms with E-state index in [0.29, 0.717) is 53.1 Å². The van der Waals surface area contributed by atoms with Gasteiger partial charge >= 0.3 is 5.97 Å². The maximum atomic E-state index is 12.9. The number of unbranched alkanes of at least 4 members (excludes halogenated alkanes) is 1. The van der Waals surface area contributed by atoms with Crippen LogP contribution in [-0.4, -0.2) is 33.1 Å². The lowest BCUT2D eigenvalue weighted by molar-refractivity contribution is -0.137. The summed E-state index contributed by atoms with van der Waals surface area (Å²) in [6, 6.07) is 11.0. The summed E-state index contributed by atoms with van der Waals surface area (Å²) in [5, 5.41) is 0. The molecule has 0 saturated heterocycles. The standard InChI is InChI=1S/C24H26O7/c1-4-6-11-28-23-17-13-16(27-5-2)8-10-18(17)31-22(21(23)24(25)26-3)15-7-9-19-20(12-15)30-14-29-19/h7-10,12-13,22H,4-6,11,14H2,1-3H3. The maximum Gasteiger partial charge on any atom is 0.341 e. The van der Waals surface area contributed by atoms with Crippen LogP contribution < -0.4 is 18.9 Å². The Morgan fingerprint density at radius 1 is 1.03 bits per heavy atom. The Balaban J connectivity index is 1.84. The summed E-state index contributed by atoms with van der Waals surface area (Å²) in [6.07, 6.45) is 1.10. The minimum Gasteiger partial charge on any atom is -0.494 e. The first-order chi connectivity index (χ1) is 15.2. The van der Waals surface area contributed by atoms with Crippen molar-refractivity contribution in [3.8, 4) is 23.0 Å². The van der Waals surface area contributed by atoms with Gasteiger partial charge in [-0.05, 0) is 43.7 Å². The summed E-state index contributed by atoms with van der Waals surface area (Å²) < 4.78 is 34.1. The molecule has 7 heteroatoms. The van der Waals surface area contributed by atoms with Gasteiger partial charge in [0.15, 0.2) is 17.6 Å². The van der Waals surface area contributed by atoms with E-state index in [1.54, 1.807) is 6.07 Å². The molecule has 1 atom stereocenters. The molecule has 7 nitrogen and oxygen atoms in total. The van der Waals surface area contributed by atoms with Gasteiger partial charge in [-0.2, -0.15) is 0 Å². The number of carbonyl (C=O) groups excluding carboxylic acids is 1. The van der Waals surface area contributed by atoms with Crippen molar-refractivity contribution in [2.24, 2.45) is 0 Å². The quantitative estimate of drug-likeness (QED) is 0.449. The molecule has 2 aliphatic rings. The second-order valence-electron chi connectivity index (χ2n) is 7.14. The van der Waals surface area contributed by atoms with Gasteiger partial charge in [-0.3, -0.25) is 0 Å². The molecule has 0 bridgehead atoms. The van der Waals surface area contributed by atoms with Gasteiger partial charge in [-0.1, -0.05) is 19.4 Å². The van der Waals surface area contributed by atoms with Crippen molar-refractivity contribution in [1.82, 2.24) is 0 Å². The lowest BCUT2D eigenvalue weighted by atomic mass is 9.94. The molecule has 2 heterocycles. The van der Waals surface area contributed by atoms with Crippen LogP contribution in [0.2, 0.25) is 0 Å². The topological polar surface area (TPSA) is 72.5 Å². The van der Waals surface area contributed by atoms with Crippen molar-refractivity contribution in [2.45, 2.75) is 32.8 Å². The number of carbonyl (C=O) groups is 1. The fourth-order valence-corrected chi connectivity index (χ4v) is 3.59. The lowest BCUT2D eigenvalue weighted by Crippen LogP contribution is -2.25. The maximum absolute atomic E-state index is 12.9. The molecule has 0 spiro atoms. The predicted molar refractivity (Wildman–Crippen MR) is 113 cm³/mol. The van der Waals surface area contributed by atoms with Crippen molar-refractivity contribution in [3.63, 3.8) is 0 Å². The van der Waals surface area contributed by atoms with Crippen molar-refractivity contribution in [1.29, 1.82) is 0 Å². The third kappa shape index (κ3) is 4.13. The van der Waals surface area contributed by atoms with Gasteiger partial charge in [0.2, 0.25) is 6.79 Å². The first-order valence-corrected chi connectivity index (χ1v) is 10.4. The number of methoxy groups -OCH3 is 1. The van der Waals surface area contributed by atoms with Gasteiger partial charge in [0.1, 0.15) is 22.8 Å². The number of rotatable bonds is 8. The summed E-state index contributed by atoms with van der Waals surface area (Å²) in [7, 11) is 1.35. The molecule has 31 heavy (non-hydrogen) atoms. The Hall–Kier alpha value is -3.35. The molecule has 2 aromatic rings. The molecule has 0 fully saturated rings. The molecule has 0 aromatic heterocycles. The Labute approximate surface area is 181 Å². The smallest absolute Gasteiger partial charge is 0.341 e. The van der Waals surface area contributed by atoms with Gasteiger partial charge in [0, 0.05) is 5.56 Å². The molecule has 0 amide bonds. The van der Waals surface area contributed by atoms with E-state index in [4.69, 9.17) is 28.4 Å². The Bertz CT molecular complexity index is 995. The van der Waals surface area contributed by atoms with E-state index in [2.05, 4.69) is 6.92 Å². The zero-order valence-electron chi connectivity index (χ0n) is 17.9. The highest BCUT2D eigenvalue weighted by Crippen LogP contribution is 2.46. The predicted octanol–water partition coefficient (Wildman–Crippen LogP) is 4.65. The van der Waals surface area contributed by atoms with Crippen molar-refractivity contribution in [3.05, 3.63) is 53.1 Å². The van der Waals surface area contributed by atoms with Crippen LogP contribution in [0.25, 0.3) is 5.76 Å². The van der Waals surface area contributed by atoms with Crippen LogP contribution in [0, 0.1) is 0 Å². The molecule has 0 N–H and O–H groups in total. The van der Waals surface area contributed by atoms with Crippen LogP contribution in [0.15, 0.2) is 42.0 Å². The van der Waals surface area contributed by atoms with E-state index in [1.807, 2.05) is 37.3 Å². The molecule has 164 valence electrons. The molecule has 0 radical (unpaired) electrons. The fraction of sp³-hybridized carbons (Fsp3) is 0.375. The van der Waals surface area contributed by atoms with E-state index >= 15 is 0 Å². The Kier molecular flexibility index (Phi) is 6.21. The number of esters is 1. The number of hydrogen-bond donors (Lipinski definition) is 0. The highest BCUT2D eigenvalue weighted by molar-refractivity contribution is 5.99. The number of hydrogen-bond acceptors (Lipinski definition) is 7. The molecular weight excluding hydrogens is 400 g/mol. The highest BCUT2D eigenvalue weighted by atomic mass is 16.7. The molecule has 1 unspecified atom stereocenters. The van der Waals surface area contributed by atoms with Gasteiger partial charge in [-0.15, -0.1) is 0 Å². The first kappa shape index (κ1) is 20.9. The molecule has 2 aromatic carbocycles. The third-order valence-corrected chi connectivity index (χ3v) is 5.11. The average Bonchev–Trinajstić information content (AvgIpc) is 3.26. The van der Waals surface area contributed by atoms with Crippen molar-refractivity contribution in [2.75, 3.05) is 27.1 Å². The van der Waals surface area contributed by atoms with E-state index in [1.165, 1.54) is 7.11 Å². The minimum atomic E-state index is -0.718. The monoisotopic (exact) mass is 426 g/mol. The van der Waals surface area contributed by atoms with Crippen LogP contribution in [0.4, 0.5) is 0 Å². The lowest BCUT2D eigenvalue weighted by Gasteiger charge is -2.30. The van der Waals surface area contributed by atoms with Crippen LogP contribution in [0.3, 0.4) is 0 Å². The SMILES string of the molecule is CCCCOC1=C(C(=O)OC)C(c2ccc3c(c2)OCO3)Oc2ccc(OCC)cc21. The van der Waals surface area contributed by atoms with E-state index < -0.39 is 12.1 Å². The van der Waals surface area contributed by atoms with Crippen LogP contribution >= 0.6 is 0 Å². The second-order valence-corrected chi connectivity index (χ2v) is 7.14. The summed E-state index contributed by atoms with van der Waals surface area (Å²) in [6.45, 7) is 5.16. The van der Waals surface area contributed by atoms with E-state index in [9.17, 15) is 4.79 Å². The fourth-order valence-electron chi connectivity index (χ4n) is 3.59.